The van der Waals surface area contributed by atoms with E-state index < -0.39 is 0 Å². The zero-order valence-corrected chi connectivity index (χ0v) is 11.7. The number of hydrogen-bond donors (Lipinski definition) is 1. The molecule has 1 aliphatic rings. The summed E-state index contributed by atoms with van der Waals surface area (Å²) >= 11 is 0. The third-order valence-electron chi connectivity index (χ3n) is 4.31. The van der Waals surface area contributed by atoms with Crippen LogP contribution < -0.4 is 5.32 Å². The molecule has 0 spiro atoms. The lowest BCUT2D eigenvalue weighted by Gasteiger charge is -2.25. The van der Waals surface area contributed by atoms with Crippen molar-refractivity contribution in [2.45, 2.75) is 45.4 Å². The standard InChI is InChI=1S/C17H27N/c1-2-18-14-17-12-8-4-7-11-16(17)13-15-9-5-3-6-10-15/h3,5-6,9-10,16-18H,2,4,7-8,11-14H2,1H3. The number of nitrogens with one attached hydrogen (secondary N) is 1. The van der Waals surface area contributed by atoms with Gasteiger partial charge in [-0.2, -0.15) is 0 Å². The molecule has 1 nitrogen and oxygen atoms in total. The quantitative estimate of drug-likeness (QED) is 0.772. The fourth-order valence-electron chi connectivity index (χ4n) is 3.25. The van der Waals surface area contributed by atoms with Crippen molar-refractivity contribution >= 4 is 0 Å². The van der Waals surface area contributed by atoms with Crippen LogP contribution in [0.15, 0.2) is 30.3 Å². The van der Waals surface area contributed by atoms with Crippen LogP contribution in [0.4, 0.5) is 0 Å². The van der Waals surface area contributed by atoms with Crippen molar-refractivity contribution in [3.8, 4) is 0 Å². The molecule has 0 aliphatic heterocycles. The van der Waals surface area contributed by atoms with Crippen LogP contribution in [0.5, 0.6) is 0 Å². The Kier molecular flexibility index (Phi) is 5.73. The van der Waals surface area contributed by atoms with Crippen molar-refractivity contribution < 1.29 is 0 Å². The third-order valence-corrected chi connectivity index (χ3v) is 4.31. The molecule has 1 N–H and O–H groups in total. The maximum absolute atomic E-state index is 3.56. The molecule has 1 fully saturated rings. The molecule has 0 heterocycles. The molecule has 1 heteroatoms. The van der Waals surface area contributed by atoms with Crippen LogP contribution in [0.25, 0.3) is 0 Å². The van der Waals surface area contributed by atoms with Gasteiger partial charge in [-0.3, -0.25) is 0 Å². The molecule has 1 saturated carbocycles. The summed E-state index contributed by atoms with van der Waals surface area (Å²) in [6, 6.07) is 11.0. The summed E-state index contributed by atoms with van der Waals surface area (Å²) in [6.45, 7) is 4.53. The predicted octanol–water partition coefficient (Wildman–Crippen LogP) is 4.04. The van der Waals surface area contributed by atoms with E-state index in [1.165, 1.54) is 50.6 Å². The van der Waals surface area contributed by atoms with E-state index in [2.05, 4.69) is 42.6 Å². The van der Waals surface area contributed by atoms with E-state index in [0.29, 0.717) is 0 Å². The molecule has 2 rings (SSSR count). The minimum atomic E-state index is 0.882. The van der Waals surface area contributed by atoms with E-state index in [9.17, 15) is 0 Å². The van der Waals surface area contributed by atoms with Crippen LogP contribution >= 0.6 is 0 Å². The Bertz CT molecular complexity index is 320. The maximum Gasteiger partial charge on any atom is -0.00179 e. The fourth-order valence-corrected chi connectivity index (χ4v) is 3.25. The first-order valence-corrected chi connectivity index (χ1v) is 7.64. The molecule has 18 heavy (non-hydrogen) atoms. The second kappa shape index (κ2) is 7.58. The molecule has 0 aromatic heterocycles. The van der Waals surface area contributed by atoms with Crippen molar-refractivity contribution in [3.63, 3.8) is 0 Å². The normalized spacial score (nSPS) is 24.7. The van der Waals surface area contributed by atoms with Crippen molar-refractivity contribution in [2.75, 3.05) is 13.1 Å². The Morgan fingerprint density at radius 1 is 1.00 bits per heavy atom. The predicted molar refractivity (Wildman–Crippen MR) is 78.8 cm³/mol. The fraction of sp³-hybridized carbons (Fsp3) is 0.647. The van der Waals surface area contributed by atoms with E-state index in [4.69, 9.17) is 0 Å². The zero-order valence-electron chi connectivity index (χ0n) is 11.7. The third kappa shape index (κ3) is 4.13. The Labute approximate surface area is 112 Å². The lowest BCUT2D eigenvalue weighted by atomic mass is 9.83. The van der Waals surface area contributed by atoms with Crippen LogP contribution in [0, 0.1) is 11.8 Å². The van der Waals surface area contributed by atoms with Gasteiger partial charge < -0.3 is 5.32 Å². The molecular formula is C17H27N. The Hall–Kier alpha value is -0.820. The number of benzene rings is 1. The molecule has 1 aliphatic carbocycles. The molecule has 0 amide bonds. The van der Waals surface area contributed by atoms with E-state index in [1.54, 1.807) is 0 Å². The van der Waals surface area contributed by atoms with Crippen molar-refractivity contribution in [3.05, 3.63) is 35.9 Å². The highest BCUT2D eigenvalue weighted by Crippen LogP contribution is 2.31. The van der Waals surface area contributed by atoms with Gasteiger partial charge in [-0.05, 0) is 49.8 Å². The van der Waals surface area contributed by atoms with Crippen LogP contribution in [-0.4, -0.2) is 13.1 Å². The van der Waals surface area contributed by atoms with Crippen LogP contribution in [0.1, 0.15) is 44.6 Å². The second-order valence-electron chi connectivity index (χ2n) is 5.66. The van der Waals surface area contributed by atoms with Gasteiger partial charge in [0.15, 0.2) is 0 Å². The summed E-state index contributed by atoms with van der Waals surface area (Å²) in [7, 11) is 0. The zero-order chi connectivity index (χ0) is 12.6. The van der Waals surface area contributed by atoms with Gasteiger partial charge in [-0.1, -0.05) is 56.5 Å². The molecule has 0 saturated heterocycles. The van der Waals surface area contributed by atoms with Gasteiger partial charge in [0.05, 0.1) is 0 Å². The Morgan fingerprint density at radius 2 is 1.72 bits per heavy atom. The van der Waals surface area contributed by atoms with Crippen molar-refractivity contribution in [1.82, 2.24) is 5.32 Å². The first-order valence-electron chi connectivity index (χ1n) is 7.64. The average Bonchev–Trinajstić information content (AvgIpc) is 2.63. The summed E-state index contributed by atoms with van der Waals surface area (Å²) in [5.74, 6) is 1.77. The van der Waals surface area contributed by atoms with Crippen LogP contribution in [0.2, 0.25) is 0 Å². The topological polar surface area (TPSA) is 12.0 Å². The first kappa shape index (κ1) is 13.6. The number of hydrogen-bond acceptors (Lipinski definition) is 1. The monoisotopic (exact) mass is 245 g/mol. The Morgan fingerprint density at radius 3 is 2.44 bits per heavy atom. The highest BCUT2D eigenvalue weighted by Gasteiger charge is 2.23. The summed E-state index contributed by atoms with van der Waals surface area (Å²) in [5.41, 5.74) is 1.52. The summed E-state index contributed by atoms with van der Waals surface area (Å²) in [6.07, 6.45) is 8.42. The molecule has 2 unspecified atom stereocenters. The molecule has 1 aromatic carbocycles. The van der Waals surface area contributed by atoms with E-state index in [-0.39, 0.29) is 0 Å². The van der Waals surface area contributed by atoms with Crippen LogP contribution in [-0.2, 0) is 6.42 Å². The van der Waals surface area contributed by atoms with Gasteiger partial charge in [0.2, 0.25) is 0 Å². The second-order valence-corrected chi connectivity index (χ2v) is 5.66. The smallest absolute Gasteiger partial charge is 0.00179 e. The van der Waals surface area contributed by atoms with Gasteiger partial charge in [-0.15, -0.1) is 0 Å². The SMILES string of the molecule is CCNCC1CCCCCC1Cc1ccccc1. The van der Waals surface area contributed by atoms with Gasteiger partial charge >= 0.3 is 0 Å². The van der Waals surface area contributed by atoms with Gasteiger partial charge in [0, 0.05) is 0 Å². The first-order chi connectivity index (χ1) is 8.90. The summed E-state index contributed by atoms with van der Waals surface area (Å²) in [5, 5.41) is 3.56. The Balaban J connectivity index is 1.96. The van der Waals surface area contributed by atoms with Gasteiger partial charge in [0.1, 0.15) is 0 Å². The van der Waals surface area contributed by atoms with Gasteiger partial charge in [0.25, 0.3) is 0 Å². The van der Waals surface area contributed by atoms with Crippen molar-refractivity contribution in [1.29, 1.82) is 0 Å². The molecule has 2 atom stereocenters. The lowest BCUT2D eigenvalue weighted by molar-refractivity contribution is 0.299. The molecule has 1 aromatic rings. The molecule has 0 bridgehead atoms. The largest absolute Gasteiger partial charge is 0.317 e. The minimum Gasteiger partial charge on any atom is -0.317 e. The molecule has 0 radical (unpaired) electrons. The highest BCUT2D eigenvalue weighted by atomic mass is 14.8. The van der Waals surface area contributed by atoms with E-state index in [1.807, 2.05) is 0 Å². The van der Waals surface area contributed by atoms with E-state index >= 15 is 0 Å². The number of rotatable bonds is 5. The lowest BCUT2D eigenvalue weighted by Crippen LogP contribution is -2.28. The van der Waals surface area contributed by atoms with Crippen LogP contribution in [0.3, 0.4) is 0 Å². The molecule has 100 valence electrons. The average molecular weight is 245 g/mol. The highest BCUT2D eigenvalue weighted by molar-refractivity contribution is 5.15. The van der Waals surface area contributed by atoms with Gasteiger partial charge in [-0.25, -0.2) is 0 Å². The summed E-state index contributed by atoms with van der Waals surface area (Å²) < 4.78 is 0. The van der Waals surface area contributed by atoms with Crippen molar-refractivity contribution in [2.24, 2.45) is 11.8 Å². The van der Waals surface area contributed by atoms with E-state index in [0.717, 1.165) is 18.4 Å². The summed E-state index contributed by atoms with van der Waals surface area (Å²) in [4.78, 5) is 0. The molecular weight excluding hydrogens is 218 g/mol. The minimum absolute atomic E-state index is 0.882. The maximum atomic E-state index is 3.56.